The first-order chi connectivity index (χ1) is 9.95. The van der Waals surface area contributed by atoms with Gasteiger partial charge in [0.25, 0.3) is 5.91 Å². The molecule has 0 saturated heterocycles. The highest BCUT2D eigenvalue weighted by Gasteiger charge is 2.16. The van der Waals surface area contributed by atoms with Gasteiger partial charge >= 0.3 is 0 Å². The van der Waals surface area contributed by atoms with Gasteiger partial charge in [0.2, 0.25) is 0 Å². The minimum absolute atomic E-state index is 0.307. The molecule has 1 aromatic carbocycles. The number of thiocarbonyl (C=S) groups is 1. The van der Waals surface area contributed by atoms with Crippen LogP contribution in [0.2, 0.25) is 0 Å². The average molecular weight is 307 g/mol. The van der Waals surface area contributed by atoms with Crippen molar-refractivity contribution >= 4 is 23.2 Å². The van der Waals surface area contributed by atoms with E-state index in [-0.39, 0.29) is 5.91 Å². The summed E-state index contributed by atoms with van der Waals surface area (Å²) >= 11 is 4.97. The van der Waals surface area contributed by atoms with Crippen LogP contribution >= 0.6 is 12.2 Å². The molecule has 0 aliphatic carbocycles. The third-order valence-corrected chi connectivity index (χ3v) is 3.18. The second kappa shape index (κ2) is 8.26. The molecule has 1 rings (SSSR count). The van der Waals surface area contributed by atoms with Gasteiger partial charge in [0.05, 0.1) is 0 Å². The number of benzene rings is 1. The number of nitrogens with one attached hydrogen (secondary N) is 3. The molecule has 6 heteroatoms. The van der Waals surface area contributed by atoms with E-state index in [0.29, 0.717) is 17.4 Å². The molecule has 1 amide bonds. The van der Waals surface area contributed by atoms with Gasteiger partial charge in [-0.25, -0.2) is 0 Å². The largest absolute Gasteiger partial charge is 0.481 e. The topological polar surface area (TPSA) is 62.4 Å². The molecule has 0 aromatic heterocycles. The summed E-state index contributed by atoms with van der Waals surface area (Å²) in [5.74, 6) is 0.392. The van der Waals surface area contributed by atoms with Gasteiger partial charge in [0.15, 0.2) is 11.2 Å². The van der Waals surface area contributed by atoms with Gasteiger partial charge in [-0.2, -0.15) is 0 Å². The number of carbonyl (C=O) groups excluding carboxylic acids is 1. The summed E-state index contributed by atoms with van der Waals surface area (Å²) in [6, 6.07) is 5.74. The Labute approximate surface area is 130 Å². The smallest absolute Gasteiger partial charge is 0.279 e. The normalized spacial score (nSPS) is 11.2. The van der Waals surface area contributed by atoms with Crippen molar-refractivity contribution in [1.29, 1.82) is 0 Å². The van der Waals surface area contributed by atoms with Crippen LogP contribution in [-0.2, 0) is 4.79 Å². The van der Waals surface area contributed by atoms with Gasteiger partial charge in [-0.3, -0.25) is 15.6 Å². The molecule has 1 atom stereocenters. The Morgan fingerprint density at radius 2 is 2.14 bits per heavy atom. The fourth-order valence-corrected chi connectivity index (χ4v) is 1.66. The van der Waals surface area contributed by atoms with Gasteiger partial charge in [-0.05, 0) is 50.2 Å². The molecule has 0 saturated carbocycles. The third kappa shape index (κ3) is 5.43. The van der Waals surface area contributed by atoms with Crippen LogP contribution in [0.4, 0.5) is 0 Å². The summed E-state index contributed by atoms with van der Waals surface area (Å²) in [5.41, 5.74) is 7.24. The summed E-state index contributed by atoms with van der Waals surface area (Å²) < 4.78 is 5.67. The number of rotatable bonds is 5. The standard InChI is InChI=1S/C15H21N3O2S/c1-5-9-16-15(21)18-17-14(19)12(4)20-13-8-6-7-10(2)11(13)3/h5-8,12H,1,9H2,2-4H3,(H,17,19)(H2,16,18,21)/t12-/m1/s1. The number of aryl methyl sites for hydroxylation is 1. The van der Waals surface area contributed by atoms with Crippen molar-refractivity contribution in [2.75, 3.05) is 6.54 Å². The van der Waals surface area contributed by atoms with Crippen molar-refractivity contribution in [3.05, 3.63) is 42.0 Å². The number of ether oxygens (including phenoxy) is 1. The molecule has 114 valence electrons. The van der Waals surface area contributed by atoms with E-state index in [4.69, 9.17) is 17.0 Å². The van der Waals surface area contributed by atoms with Gasteiger partial charge in [0, 0.05) is 6.54 Å². The first-order valence-corrected chi connectivity index (χ1v) is 7.04. The van der Waals surface area contributed by atoms with Gasteiger partial charge in [0.1, 0.15) is 5.75 Å². The molecule has 21 heavy (non-hydrogen) atoms. The van der Waals surface area contributed by atoms with E-state index in [1.165, 1.54) is 0 Å². The maximum Gasteiger partial charge on any atom is 0.279 e. The lowest BCUT2D eigenvalue weighted by Crippen LogP contribution is -2.50. The molecular weight excluding hydrogens is 286 g/mol. The summed E-state index contributed by atoms with van der Waals surface area (Å²) in [5, 5.41) is 3.16. The van der Waals surface area contributed by atoms with E-state index in [1.807, 2.05) is 32.0 Å². The van der Waals surface area contributed by atoms with Crippen molar-refractivity contribution in [2.45, 2.75) is 26.9 Å². The van der Waals surface area contributed by atoms with Crippen molar-refractivity contribution in [3.8, 4) is 5.75 Å². The fraction of sp³-hybridized carbons (Fsp3) is 0.333. The molecule has 5 nitrogen and oxygen atoms in total. The first-order valence-electron chi connectivity index (χ1n) is 6.63. The zero-order valence-corrected chi connectivity index (χ0v) is 13.3. The van der Waals surface area contributed by atoms with Crippen molar-refractivity contribution in [1.82, 2.24) is 16.2 Å². The van der Waals surface area contributed by atoms with E-state index in [9.17, 15) is 4.79 Å². The molecule has 0 radical (unpaired) electrons. The molecule has 0 aliphatic heterocycles. The number of carbonyl (C=O) groups is 1. The molecule has 0 aliphatic rings. The molecule has 1 aromatic rings. The highest BCUT2D eigenvalue weighted by Crippen LogP contribution is 2.21. The molecule has 0 spiro atoms. The number of amides is 1. The second-order valence-corrected chi connectivity index (χ2v) is 4.98. The third-order valence-electron chi connectivity index (χ3n) is 2.93. The Bertz CT molecular complexity index is 532. The van der Waals surface area contributed by atoms with Gasteiger partial charge < -0.3 is 10.1 Å². The zero-order chi connectivity index (χ0) is 15.8. The summed E-state index contributed by atoms with van der Waals surface area (Å²) in [6.07, 6.45) is 1.03. The predicted molar refractivity (Wildman–Crippen MR) is 88.1 cm³/mol. The van der Waals surface area contributed by atoms with Crippen molar-refractivity contribution < 1.29 is 9.53 Å². The van der Waals surface area contributed by atoms with Crippen molar-refractivity contribution in [3.63, 3.8) is 0 Å². The summed E-state index contributed by atoms with van der Waals surface area (Å²) in [4.78, 5) is 11.9. The summed E-state index contributed by atoms with van der Waals surface area (Å²) in [6.45, 7) is 9.72. The SMILES string of the molecule is C=CCNC(=S)NNC(=O)[C@@H](C)Oc1cccc(C)c1C. The Morgan fingerprint density at radius 3 is 2.81 bits per heavy atom. The lowest BCUT2D eigenvalue weighted by molar-refractivity contribution is -0.127. The van der Waals surface area contributed by atoms with Crippen molar-refractivity contribution in [2.24, 2.45) is 0 Å². The summed E-state index contributed by atoms with van der Waals surface area (Å²) in [7, 11) is 0. The Kier molecular flexibility index (Phi) is 6.68. The van der Waals surface area contributed by atoms with E-state index in [0.717, 1.165) is 11.1 Å². The quantitative estimate of drug-likeness (QED) is 0.439. The maximum atomic E-state index is 11.9. The van der Waals surface area contributed by atoms with E-state index in [1.54, 1.807) is 13.0 Å². The van der Waals surface area contributed by atoms with E-state index >= 15 is 0 Å². The maximum absolute atomic E-state index is 11.9. The molecule has 0 unspecified atom stereocenters. The minimum Gasteiger partial charge on any atom is -0.481 e. The Hall–Kier alpha value is -2.08. The van der Waals surface area contributed by atoms with Gasteiger partial charge in [-0.1, -0.05) is 18.2 Å². The molecule has 0 heterocycles. The predicted octanol–water partition coefficient (Wildman–Crippen LogP) is 1.75. The number of hydrogen-bond acceptors (Lipinski definition) is 3. The van der Waals surface area contributed by atoms with E-state index in [2.05, 4.69) is 22.7 Å². The highest BCUT2D eigenvalue weighted by atomic mass is 32.1. The van der Waals surface area contributed by atoms with Crippen LogP contribution in [0.25, 0.3) is 0 Å². The van der Waals surface area contributed by atoms with Crippen LogP contribution < -0.4 is 20.9 Å². The Morgan fingerprint density at radius 1 is 1.43 bits per heavy atom. The average Bonchev–Trinajstić information content (AvgIpc) is 2.47. The van der Waals surface area contributed by atoms with Gasteiger partial charge in [-0.15, -0.1) is 6.58 Å². The number of hydrogen-bond donors (Lipinski definition) is 3. The zero-order valence-electron chi connectivity index (χ0n) is 12.5. The molecular formula is C15H21N3O2S. The van der Waals surface area contributed by atoms with Crippen LogP contribution in [0.1, 0.15) is 18.1 Å². The molecule has 0 fully saturated rings. The van der Waals surface area contributed by atoms with E-state index < -0.39 is 6.10 Å². The lowest BCUT2D eigenvalue weighted by atomic mass is 10.1. The molecule has 0 bridgehead atoms. The Balaban J connectivity index is 2.49. The lowest BCUT2D eigenvalue weighted by Gasteiger charge is -2.18. The monoisotopic (exact) mass is 307 g/mol. The minimum atomic E-state index is -0.639. The van der Waals surface area contributed by atoms with Crippen LogP contribution in [0, 0.1) is 13.8 Å². The number of hydrazine groups is 1. The fourth-order valence-electron chi connectivity index (χ4n) is 1.52. The second-order valence-electron chi connectivity index (χ2n) is 4.57. The van der Waals surface area contributed by atoms with Crippen LogP contribution in [-0.4, -0.2) is 23.7 Å². The first kappa shape index (κ1) is 17.0. The molecule has 3 N–H and O–H groups in total. The van der Waals surface area contributed by atoms with Crippen LogP contribution in [0.3, 0.4) is 0 Å². The van der Waals surface area contributed by atoms with Crippen LogP contribution in [0.15, 0.2) is 30.9 Å². The van der Waals surface area contributed by atoms with Crippen LogP contribution in [0.5, 0.6) is 5.75 Å². The highest BCUT2D eigenvalue weighted by molar-refractivity contribution is 7.80.